The molecule has 0 fully saturated rings. The molecule has 0 spiro atoms. The summed E-state index contributed by atoms with van der Waals surface area (Å²) in [5, 5.41) is 0. The topological polar surface area (TPSA) is 55.6 Å². The molecule has 0 bridgehead atoms. The van der Waals surface area contributed by atoms with Gasteiger partial charge in [0.2, 0.25) is 0 Å². The molecule has 3 aromatic carbocycles. The van der Waals surface area contributed by atoms with Crippen molar-refractivity contribution in [1.29, 1.82) is 0 Å². The zero-order chi connectivity index (χ0) is 20.5. The second-order valence-electron chi connectivity index (χ2n) is 6.96. The number of rotatable bonds is 9. The lowest BCUT2D eigenvalue weighted by Gasteiger charge is -2.23. The molecule has 29 heavy (non-hydrogen) atoms. The Hall–Kier alpha value is -3.11. The minimum Gasteiger partial charge on any atom is -0.488 e. The van der Waals surface area contributed by atoms with Gasteiger partial charge in [-0.05, 0) is 35.2 Å². The summed E-state index contributed by atoms with van der Waals surface area (Å²) in [6, 6.07) is 25.7. The Morgan fingerprint density at radius 1 is 0.862 bits per heavy atom. The van der Waals surface area contributed by atoms with Crippen molar-refractivity contribution in [3.63, 3.8) is 0 Å². The van der Waals surface area contributed by atoms with Crippen LogP contribution in [0.4, 0.5) is 0 Å². The predicted octanol–water partition coefficient (Wildman–Crippen LogP) is 4.43. The number of nitrogens with two attached hydrogens (primary N) is 1. The van der Waals surface area contributed by atoms with E-state index in [2.05, 4.69) is 31.2 Å². The van der Waals surface area contributed by atoms with Gasteiger partial charge in [-0.15, -0.1) is 0 Å². The third-order valence-electron chi connectivity index (χ3n) is 4.85. The number of benzene rings is 3. The first-order chi connectivity index (χ1) is 14.2. The molecule has 3 aromatic rings. The Balaban J connectivity index is 1.76. The van der Waals surface area contributed by atoms with Gasteiger partial charge < -0.3 is 15.4 Å². The number of carbonyl (C=O) groups is 1. The van der Waals surface area contributed by atoms with Gasteiger partial charge in [0.15, 0.2) is 0 Å². The van der Waals surface area contributed by atoms with Gasteiger partial charge in [-0.25, -0.2) is 0 Å². The molecule has 0 aliphatic rings. The van der Waals surface area contributed by atoms with Gasteiger partial charge in [0.1, 0.15) is 12.4 Å². The maximum Gasteiger partial charge on any atom is 0.257 e. The standard InChI is InChI=1S/C25H28N2O2/c1-2-20-12-14-21(15-13-20)18-27(17-16-26)25(28)23-10-6-7-11-24(23)29-19-22-8-4-3-5-9-22/h3-15H,2,16-19,26H2,1H3. The molecule has 2 N–H and O–H groups in total. The quantitative estimate of drug-likeness (QED) is 0.590. The van der Waals surface area contributed by atoms with Crippen LogP contribution in [0.1, 0.15) is 34.0 Å². The molecule has 0 heterocycles. The molecule has 0 saturated carbocycles. The molecule has 0 aromatic heterocycles. The van der Waals surface area contributed by atoms with E-state index in [1.807, 2.05) is 54.6 Å². The summed E-state index contributed by atoms with van der Waals surface area (Å²) in [7, 11) is 0. The first kappa shape index (κ1) is 20.6. The average molecular weight is 389 g/mol. The Morgan fingerprint density at radius 3 is 2.21 bits per heavy atom. The second-order valence-corrected chi connectivity index (χ2v) is 6.96. The van der Waals surface area contributed by atoms with E-state index >= 15 is 0 Å². The van der Waals surface area contributed by atoms with Crippen LogP contribution in [0.25, 0.3) is 0 Å². The van der Waals surface area contributed by atoms with E-state index in [-0.39, 0.29) is 5.91 Å². The van der Waals surface area contributed by atoms with Gasteiger partial charge in [-0.1, -0.05) is 73.7 Å². The van der Waals surface area contributed by atoms with Crippen molar-refractivity contribution in [1.82, 2.24) is 4.90 Å². The molecule has 0 aliphatic carbocycles. The van der Waals surface area contributed by atoms with Gasteiger partial charge in [0.25, 0.3) is 5.91 Å². The van der Waals surface area contributed by atoms with Crippen LogP contribution in [0.15, 0.2) is 78.9 Å². The summed E-state index contributed by atoms with van der Waals surface area (Å²) < 4.78 is 5.97. The minimum absolute atomic E-state index is 0.0707. The number of nitrogens with zero attached hydrogens (tertiary/aromatic N) is 1. The Labute approximate surface area is 172 Å². The van der Waals surface area contributed by atoms with Gasteiger partial charge in [-0.3, -0.25) is 4.79 Å². The lowest BCUT2D eigenvalue weighted by Crippen LogP contribution is -2.35. The number of amides is 1. The lowest BCUT2D eigenvalue weighted by molar-refractivity contribution is 0.0743. The highest BCUT2D eigenvalue weighted by molar-refractivity contribution is 5.97. The first-order valence-corrected chi connectivity index (χ1v) is 10.0. The highest BCUT2D eigenvalue weighted by Gasteiger charge is 2.19. The van der Waals surface area contributed by atoms with Gasteiger partial charge >= 0.3 is 0 Å². The monoisotopic (exact) mass is 388 g/mol. The molecular weight excluding hydrogens is 360 g/mol. The molecule has 0 unspecified atom stereocenters. The minimum atomic E-state index is -0.0707. The highest BCUT2D eigenvalue weighted by atomic mass is 16.5. The molecule has 1 amide bonds. The van der Waals surface area contributed by atoms with E-state index in [4.69, 9.17) is 10.5 Å². The molecule has 4 nitrogen and oxygen atoms in total. The number of hydrogen-bond donors (Lipinski definition) is 1. The SMILES string of the molecule is CCc1ccc(CN(CCN)C(=O)c2ccccc2OCc2ccccc2)cc1. The van der Waals surface area contributed by atoms with Crippen molar-refractivity contribution >= 4 is 5.91 Å². The molecule has 0 aliphatic heterocycles. The Bertz CT molecular complexity index is 908. The third kappa shape index (κ3) is 5.69. The maximum absolute atomic E-state index is 13.3. The average Bonchev–Trinajstić information content (AvgIpc) is 2.78. The predicted molar refractivity (Wildman–Crippen MR) is 117 cm³/mol. The summed E-state index contributed by atoms with van der Waals surface area (Å²) in [5.41, 5.74) is 9.78. The number of carbonyl (C=O) groups excluding carboxylic acids is 1. The fourth-order valence-corrected chi connectivity index (χ4v) is 3.18. The van der Waals surface area contributed by atoms with Crippen LogP contribution < -0.4 is 10.5 Å². The van der Waals surface area contributed by atoms with Crippen LogP contribution in [0, 0.1) is 0 Å². The second kappa shape index (κ2) is 10.4. The van der Waals surface area contributed by atoms with Crippen molar-refractivity contribution in [3.05, 3.63) is 101 Å². The van der Waals surface area contributed by atoms with Crippen LogP contribution in [-0.2, 0) is 19.6 Å². The summed E-state index contributed by atoms with van der Waals surface area (Å²) in [6.07, 6.45) is 0.998. The first-order valence-electron chi connectivity index (χ1n) is 10.0. The number of ether oxygens (including phenoxy) is 1. The van der Waals surface area contributed by atoms with Crippen molar-refractivity contribution in [2.75, 3.05) is 13.1 Å². The largest absolute Gasteiger partial charge is 0.488 e. The Morgan fingerprint density at radius 2 is 1.52 bits per heavy atom. The van der Waals surface area contributed by atoms with Crippen LogP contribution >= 0.6 is 0 Å². The van der Waals surface area contributed by atoms with E-state index in [0.29, 0.717) is 37.6 Å². The van der Waals surface area contributed by atoms with Gasteiger partial charge in [-0.2, -0.15) is 0 Å². The smallest absolute Gasteiger partial charge is 0.257 e. The van der Waals surface area contributed by atoms with E-state index in [0.717, 1.165) is 17.5 Å². The number of aryl methyl sites for hydroxylation is 1. The lowest BCUT2D eigenvalue weighted by atomic mass is 10.1. The van der Waals surface area contributed by atoms with E-state index in [9.17, 15) is 4.79 Å². The summed E-state index contributed by atoms with van der Waals surface area (Å²) in [5.74, 6) is 0.517. The molecule has 150 valence electrons. The van der Waals surface area contributed by atoms with Crippen molar-refractivity contribution in [3.8, 4) is 5.75 Å². The highest BCUT2D eigenvalue weighted by Crippen LogP contribution is 2.22. The zero-order valence-corrected chi connectivity index (χ0v) is 16.9. The normalized spacial score (nSPS) is 10.6. The fraction of sp³-hybridized carbons (Fsp3) is 0.240. The van der Waals surface area contributed by atoms with E-state index < -0.39 is 0 Å². The molecule has 0 saturated heterocycles. The van der Waals surface area contributed by atoms with E-state index in [1.165, 1.54) is 5.56 Å². The van der Waals surface area contributed by atoms with Crippen LogP contribution in [0.3, 0.4) is 0 Å². The van der Waals surface area contributed by atoms with Crippen LogP contribution in [0.2, 0.25) is 0 Å². The summed E-state index contributed by atoms with van der Waals surface area (Å²) in [6.45, 7) is 3.96. The van der Waals surface area contributed by atoms with Crippen LogP contribution in [-0.4, -0.2) is 23.9 Å². The third-order valence-corrected chi connectivity index (χ3v) is 4.85. The zero-order valence-electron chi connectivity index (χ0n) is 16.9. The van der Waals surface area contributed by atoms with E-state index in [1.54, 1.807) is 4.90 Å². The van der Waals surface area contributed by atoms with Gasteiger partial charge in [0.05, 0.1) is 5.56 Å². The van der Waals surface area contributed by atoms with Crippen molar-refractivity contribution in [2.45, 2.75) is 26.5 Å². The van der Waals surface area contributed by atoms with Crippen LogP contribution in [0.5, 0.6) is 5.75 Å². The summed E-state index contributed by atoms with van der Waals surface area (Å²) in [4.78, 5) is 15.1. The molecule has 4 heteroatoms. The molecule has 0 atom stereocenters. The maximum atomic E-state index is 13.3. The van der Waals surface area contributed by atoms with Crippen molar-refractivity contribution in [2.24, 2.45) is 5.73 Å². The molecule has 3 rings (SSSR count). The summed E-state index contributed by atoms with van der Waals surface area (Å²) >= 11 is 0. The van der Waals surface area contributed by atoms with Gasteiger partial charge in [0, 0.05) is 19.6 Å². The Kier molecular flexibility index (Phi) is 7.42. The van der Waals surface area contributed by atoms with Crippen molar-refractivity contribution < 1.29 is 9.53 Å². The fourth-order valence-electron chi connectivity index (χ4n) is 3.18. The number of para-hydroxylation sites is 1. The number of hydrogen-bond acceptors (Lipinski definition) is 3. The molecule has 0 radical (unpaired) electrons. The molecular formula is C25H28N2O2.